The Morgan fingerprint density at radius 3 is 2.29 bits per heavy atom. The van der Waals surface area contributed by atoms with E-state index in [4.69, 9.17) is 0 Å². The van der Waals surface area contributed by atoms with E-state index in [1.807, 2.05) is 12.5 Å². The fourth-order valence-corrected chi connectivity index (χ4v) is 4.22. The van der Waals surface area contributed by atoms with Crippen LogP contribution in [0.5, 0.6) is 0 Å². The zero-order valence-corrected chi connectivity index (χ0v) is 15.9. The van der Waals surface area contributed by atoms with E-state index in [1.54, 1.807) is 0 Å². The molecule has 1 atom stereocenters. The molecular weight excluding hydrogens is 358 g/mol. The maximum Gasteiger partial charge on any atom is 0.126 e. The number of imidazole rings is 1. The van der Waals surface area contributed by atoms with Crippen LogP contribution in [0.3, 0.4) is 0 Å². The van der Waals surface area contributed by atoms with Gasteiger partial charge in [0.25, 0.3) is 0 Å². The molecule has 2 saturated carbocycles. The summed E-state index contributed by atoms with van der Waals surface area (Å²) in [4.78, 5) is 4.26. The van der Waals surface area contributed by atoms with Crippen LogP contribution in [0.25, 0.3) is 5.52 Å². The molecule has 2 heterocycles. The minimum atomic E-state index is -0.537. The van der Waals surface area contributed by atoms with Crippen LogP contribution in [0, 0.1) is 17.6 Å². The first-order valence-electron chi connectivity index (χ1n) is 10.2. The minimum absolute atomic E-state index is 0.330. The molecule has 148 valence electrons. The number of nitrogens with zero attached hydrogens (tertiary/aromatic N) is 2. The summed E-state index contributed by atoms with van der Waals surface area (Å²) in [6, 6.07) is 8.91. The Bertz CT molecular complexity index is 912. The van der Waals surface area contributed by atoms with Gasteiger partial charge in [-0.25, -0.2) is 13.8 Å². The number of halogens is 2. The first-order valence-corrected chi connectivity index (χ1v) is 10.2. The molecule has 2 aromatic heterocycles. The van der Waals surface area contributed by atoms with Crippen molar-refractivity contribution in [3.8, 4) is 0 Å². The Morgan fingerprint density at radius 1 is 0.964 bits per heavy atom. The highest BCUT2D eigenvalue weighted by Crippen LogP contribution is 2.45. The fourth-order valence-electron chi connectivity index (χ4n) is 4.22. The summed E-state index contributed by atoms with van der Waals surface area (Å²) in [5.41, 5.74) is 3.57. The van der Waals surface area contributed by atoms with E-state index < -0.39 is 11.6 Å². The summed E-state index contributed by atoms with van der Waals surface area (Å²) >= 11 is 0. The van der Waals surface area contributed by atoms with E-state index in [0.717, 1.165) is 30.1 Å². The first kappa shape index (κ1) is 19.1. The van der Waals surface area contributed by atoms with Crippen LogP contribution in [-0.4, -0.2) is 14.5 Å². The standard InChI is InChI=1S/C17H22N2O.C6H4F2/c20-17(13-4-2-1-3-5-13)16-15(12-6-7-12)9-8-14-10-18-11-19(14)16;7-5-2-1-3-6(8)4-5/h8-13,17,20H,1-7H2;1-4H. The topological polar surface area (TPSA) is 37.5 Å². The van der Waals surface area contributed by atoms with Crippen LogP contribution >= 0.6 is 0 Å². The van der Waals surface area contributed by atoms with E-state index in [9.17, 15) is 13.9 Å². The second-order valence-electron chi connectivity index (χ2n) is 7.92. The van der Waals surface area contributed by atoms with Gasteiger partial charge in [0.2, 0.25) is 0 Å². The van der Waals surface area contributed by atoms with Crippen LogP contribution in [-0.2, 0) is 0 Å². The van der Waals surface area contributed by atoms with Crippen LogP contribution in [0.2, 0.25) is 0 Å². The zero-order valence-electron chi connectivity index (χ0n) is 15.9. The van der Waals surface area contributed by atoms with Crippen LogP contribution in [0.1, 0.15) is 68.2 Å². The first-order chi connectivity index (χ1) is 13.6. The van der Waals surface area contributed by atoms with Gasteiger partial charge in [-0.05, 0) is 61.3 Å². The van der Waals surface area contributed by atoms with Gasteiger partial charge in [0.05, 0.1) is 29.8 Å². The molecule has 1 unspecified atom stereocenters. The molecule has 5 rings (SSSR count). The second kappa shape index (κ2) is 8.39. The number of hydrogen-bond donors (Lipinski definition) is 1. The summed E-state index contributed by atoms with van der Waals surface area (Å²) in [6.07, 6.45) is 12.1. The Balaban J connectivity index is 0.000000203. The van der Waals surface area contributed by atoms with Gasteiger partial charge >= 0.3 is 0 Å². The molecule has 0 amide bonds. The summed E-state index contributed by atoms with van der Waals surface area (Å²) in [5.74, 6) is 0.0132. The zero-order chi connectivity index (χ0) is 19.5. The summed E-state index contributed by atoms with van der Waals surface area (Å²) < 4.78 is 26.0. The van der Waals surface area contributed by atoms with Crippen molar-refractivity contribution in [2.45, 2.75) is 57.0 Å². The summed E-state index contributed by atoms with van der Waals surface area (Å²) in [5, 5.41) is 11.0. The van der Waals surface area contributed by atoms with Crippen molar-refractivity contribution in [3.05, 3.63) is 71.8 Å². The number of benzene rings is 1. The van der Waals surface area contributed by atoms with E-state index in [0.29, 0.717) is 11.8 Å². The Morgan fingerprint density at radius 2 is 1.68 bits per heavy atom. The number of hydrogen-bond acceptors (Lipinski definition) is 2. The fraction of sp³-hybridized carbons (Fsp3) is 0.435. The third kappa shape index (κ3) is 4.25. The molecule has 1 N–H and O–H groups in total. The SMILES string of the molecule is Fc1cccc(F)c1.OC(c1c(C2CC2)ccc2cncn12)C1CCCCC1. The number of pyridine rings is 1. The lowest BCUT2D eigenvalue weighted by Crippen LogP contribution is -2.19. The lowest BCUT2D eigenvalue weighted by atomic mass is 9.82. The number of aliphatic hydroxyl groups is 1. The van der Waals surface area contributed by atoms with Gasteiger partial charge in [-0.2, -0.15) is 0 Å². The number of aromatic nitrogens is 2. The highest BCUT2D eigenvalue weighted by Gasteiger charge is 2.32. The van der Waals surface area contributed by atoms with Gasteiger partial charge in [-0.15, -0.1) is 0 Å². The molecule has 0 saturated heterocycles. The predicted molar refractivity (Wildman–Crippen MR) is 105 cm³/mol. The quantitative estimate of drug-likeness (QED) is 0.621. The molecule has 0 bridgehead atoms. The third-order valence-corrected chi connectivity index (χ3v) is 5.84. The highest BCUT2D eigenvalue weighted by atomic mass is 19.1. The van der Waals surface area contributed by atoms with Gasteiger partial charge in [0, 0.05) is 6.07 Å². The van der Waals surface area contributed by atoms with Crippen molar-refractivity contribution in [1.29, 1.82) is 0 Å². The largest absolute Gasteiger partial charge is 0.387 e. The monoisotopic (exact) mass is 384 g/mol. The Kier molecular flexibility index (Phi) is 5.72. The summed E-state index contributed by atoms with van der Waals surface area (Å²) in [7, 11) is 0. The number of fused-ring (bicyclic) bond motifs is 1. The number of aliphatic hydroxyl groups excluding tert-OH is 1. The lowest BCUT2D eigenvalue weighted by molar-refractivity contribution is 0.0793. The molecule has 1 aromatic carbocycles. The van der Waals surface area contributed by atoms with Gasteiger partial charge in [-0.3, -0.25) is 0 Å². The Labute approximate surface area is 164 Å². The maximum atomic E-state index is 11.9. The van der Waals surface area contributed by atoms with Crippen molar-refractivity contribution in [2.75, 3.05) is 0 Å². The van der Waals surface area contributed by atoms with Gasteiger partial charge in [0.1, 0.15) is 11.6 Å². The molecule has 5 heteroatoms. The third-order valence-electron chi connectivity index (χ3n) is 5.84. The van der Waals surface area contributed by atoms with Gasteiger partial charge in [0.15, 0.2) is 0 Å². The summed E-state index contributed by atoms with van der Waals surface area (Å²) in [6.45, 7) is 0. The molecule has 2 aliphatic carbocycles. The molecule has 2 aliphatic rings. The Hall–Kier alpha value is -2.27. The molecule has 0 radical (unpaired) electrons. The molecule has 3 aromatic rings. The van der Waals surface area contributed by atoms with Crippen LogP contribution < -0.4 is 0 Å². The molecule has 2 fully saturated rings. The molecule has 0 spiro atoms. The predicted octanol–water partition coefficient (Wildman–Crippen LogP) is 5.79. The van der Waals surface area contributed by atoms with Gasteiger partial charge < -0.3 is 9.51 Å². The van der Waals surface area contributed by atoms with Crippen molar-refractivity contribution < 1.29 is 13.9 Å². The van der Waals surface area contributed by atoms with Crippen molar-refractivity contribution in [1.82, 2.24) is 9.38 Å². The average molecular weight is 384 g/mol. The molecule has 3 nitrogen and oxygen atoms in total. The molecular formula is C23H26F2N2O. The highest BCUT2D eigenvalue weighted by molar-refractivity contribution is 5.50. The van der Waals surface area contributed by atoms with E-state index in [1.165, 1.54) is 55.9 Å². The normalized spacial score (nSPS) is 18.5. The number of rotatable bonds is 3. The molecule has 28 heavy (non-hydrogen) atoms. The van der Waals surface area contributed by atoms with Crippen LogP contribution in [0.15, 0.2) is 48.9 Å². The van der Waals surface area contributed by atoms with Crippen LogP contribution in [0.4, 0.5) is 8.78 Å². The second-order valence-corrected chi connectivity index (χ2v) is 7.92. The lowest BCUT2D eigenvalue weighted by Gasteiger charge is -2.28. The van der Waals surface area contributed by atoms with Gasteiger partial charge in [-0.1, -0.05) is 31.4 Å². The van der Waals surface area contributed by atoms with E-state index in [-0.39, 0.29) is 6.10 Å². The van der Waals surface area contributed by atoms with Crippen molar-refractivity contribution in [2.24, 2.45) is 5.92 Å². The molecule has 0 aliphatic heterocycles. The maximum absolute atomic E-state index is 11.9. The average Bonchev–Trinajstić information content (AvgIpc) is 3.44. The van der Waals surface area contributed by atoms with Crippen molar-refractivity contribution >= 4 is 5.52 Å². The van der Waals surface area contributed by atoms with Crippen molar-refractivity contribution in [3.63, 3.8) is 0 Å². The minimum Gasteiger partial charge on any atom is -0.387 e. The van der Waals surface area contributed by atoms with E-state index >= 15 is 0 Å². The van der Waals surface area contributed by atoms with E-state index in [2.05, 4.69) is 21.5 Å². The smallest absolute Gasteiger partial charge is 0.126 e.